The minimum absolute atomic E-state index is 0.370. The van der Waals surface area contributed by atoms with Gasteiger partial charge in [-0.15, -0.1) is 0 Å². The number of rotatable bonds is 2. The Balaban J connectivity index is 2.18. The molecule has 108 valence electrons. The van der Waals surface area contributed by atoms with E-state index in [0.29, 0.717) is 11.4 Å². The number of carbonyl (C=O) groups excluding carboxylic acids is 2. The van der Waals surface area contributed by atoms with Gasteiger partial charge in [0.05, 0.1) is 12.8 Å². The van der Waals surface area contributed by atoms with Gasteiger partial charge in [0.1, 0.15) is 5.75 Å². The van der Waals surface area contributed by atoms with Gasteiger partial charge in [0.2, 0.25) is 0 Å². The fourth-order valence-electron chi connectivity index (χ4n) is 1.56. The average molecular weight is 286 g/mol. The van der Waals surface area contributed by atoms with Crippen LogP contribution in [0.2, 0.25) is 0 Å². The van der Waals surface area contributed by atoms with Crippen LogP contribution in [0.25, 0.3) is 0 Å². The van der Waals surface area contributed by atoms with Gasteiger partial charge in [-0.2, -0.15) is 5.01 Å². The van der Waals surface area contributed by atoms with Crippen molar-refractivity contribution in [2.75, 3.05) is 12.1 Å². The molecule has 0 saturated heterocycles. The maximum atomic E-state index is 12.2. The lowest BCUT2D eigenvalue weighted by Gasteiger charge is -2.21. The molecule has 0 spiro atoms. The molecule has 2 amide bonds. The number of benzene rings is 2. The summed E-state index contributed by atoms with van der Waals surface area (Å²) >= 11 is 0. The minimum Gasteiger partial charge on any atom is -0.452 e. The summed E-state index contributed by atoms with van der Waals surface area (Å²) < 4.78 is 9.70. The van der Waals surface area contributed by atoms with Crippen LogP contribution in [0, 0.1) is 0 Å². The number of methoxy groups -OCH3 is 1. The molecule has 0 fully saturated rings. The summed E-state index contributed by atoms with van der Waals surface area (Å²) in [4.78, 5) is 23.6. The second-order valence-corrected chi connectivity index (χ2v) is 3.96. The first-order valence-corrected chi connectivity index (χ1v) is 6.17. The molecule has 0 aromatic heterocycles. The first-order chi connectivity index (χ1) is 10.2. The van der Waals surface area contributed by atoms with E-state index in [4.69, 9.17) is 4.74 Å². The maximum Gasteiger partial charge on any atom is 0.439 e. The number of carbonyl (C=O) groups is 2. The average Bonchev–Trinajstić information content (AvgIpc) is 2.54. The lowest BCUT2D eigenvalue weighted by Crippen LogP contribution is -2.47. The van der Waals surface area contributed by atoms with Crippen LogP contribution in [0.4, 0.5) is 15.3 Å². The van der Waals surface area contributed by atoms with Crippen LogP contribution in [-0.2, 0) is 4.74 Å². The lowest BCUT2D eigenvalue weighted by atomic mass is 10.3. The van der Waals surface area contributed by atoms with Crippen molar-refractivity contribution in [2.24, 2.45) is 0 Å². The van der Waals surface area contributed by atoms with Crippen molar-refractivity contribution in [3.8, 4) is 5.75 Å². The van der Waals surface area contributed by atoms with Crippen molar-refractivity contribution in [2.45, 2.75) is 0 Å². The van der Waals surface area contributed by atoms with E-state index in [-0.39, 0.29) is 0 Å². The predicted molar refractivity (Wildman–Crippen MR) is 76.9 cm³/mol. The molecule has 0 bridgehead atoms. The number of para-hydroxylation sites is 2. The third-order valence-corrected chi connectivity index (χ3v) is 2.53. The Morgan fingerprint density at radius 2 is 1.52 bits per heavy atom. The molecule has 1 N–H and O–H groups in total. The highest BCUT2D eigenvalue weighted by Crippen LogP contribution is 2.15. The Labute approximate surface area is 121 Å². The van der Waals surface area contributed by atoms with Crippen LogP contribution < -0.4 is 15.2 Å². The first kappa shape index (κ1) is 14.4. The van der Waals surface area contributed by atoms with E-state index in [1.165, 1.54) is 7.11 Å². The maximum absolute atomic E-state index is 12.2. The molecule has 2 rings (SSSR count). The van der Waals surface area contributed by atoms with Crippen molar-refractivity contribution in [1.29, 1.82) is 0 Å². The zero-order valence-electron chi connectivity index (χ0n) is 11.4. The van der Waals surface area contributed by atoms with Gasteiger partial charge >= 0.3 is 12.2 Å². The highest BCUT2D eigenvalue weighted by molar-refractivity contribution is 5.91. The zero-order valence-corrected chi connectivity index (χ0v) is 11.4. The third kappa shape index (κ3) is 3.97. The van der Waals surface area contributed by atoms with Crippen molar-refractivity contribution >= 4 is 17.9 Å². The van der Waals surface area contributed by atoms with E-state index in [0.717, 1.165) is 5.01 Å². The Hall–Kier alpha value is -3.02. The summed E-state index contributed by atoms with van der Waals surface area (Å²) in [5.41, 5.74) is 2.75. The molecule has 0 heterocycles. The predicted octanol–water partition coefficient (Wildman–Crippen LogP) is 2.96. The highest BCUT2D eigenvalue weighted by Gasteiger charge is 2.20. The Kier molecular flexibility index (Phi) is 4.76. The fraction of sp³-hybridized carbons (Fsp3) is 0.0667. The molecule has 21 heavy (non-hydrogen) atoms. The largest absolute Gasteiger partial charge is 0.452 e. The van der Waals surface area contributed by atoms with Gasteiger partial charge in [-0.05, 0) is 24.3 Å². The van der Waals surface area contributed by atoms with Crippen molar-refractivity contribution in [3.63, 3.8) is 0 Å². The molecule has 0 saturated carbocycles. The Morgan fingerprint density at radius 3 is 2.10 bits per heavy atom. The number of amides is 2. The molecule has 0 aliphatic heterocycles. The third-order valence-electron chi connectivity index (χ3n) is 2.53. The van der Waals surface area contributed by atoms with Crippen molar-refractivity contribution in [1.82, 2.24) is 5.43 Å². The second-order valence-electron chi connectivity index (χ2n) is 3.96. The molecule has 2 aromatic carbocycles. The Morgan fingerprint density at radius 1 is 0.952 bits per heavy atom. The molecule has 0 unspecified atom stereocenters. The van der Waals surface area contributed by atoms with E-state index in [2.05, 4.69) is 10.2 Å². The van der Waals surface area contributed by atoms with Gasteiger partial charge in [0.15, 0.2) is 0 Å². The van der Waals surface area contributed by atoms with Gasteiger partial charge in [0, 0.05) is 0 Å². The molecule has 0 atom stereocenters. The summed E-state index contributed by atoms with van der Waals surface area (Å²) in [6.45, 7) is 0. The molecule has 6 heteroatoms. The van der Waals surface area contributed by atoms with Crippen molar-refractivity contribution in [3.05, 3.63) is 60.7 Å². The normalized spacial score (nSPS) is 9.57. The van der Waals surface area contributed by atoms with Crippen LogP contribution in [0.1, 0.15) is 0 Å². The minimum atomic E-state index is -0.774. The number of hydrogen-bond acceptors (Lipinski definition) is 4. The number of anilines is 1. The van der Waals surface area contributed by atoms with E-state index in [1.54, 1.807) is 60.7 Å². The standard InChI is InChI=1S/C15H14N2O4/c1-20-14(18)16-17(12-8-4-2-5-9-12)15(19)21-13-10-6-3-7-11-13/h2-11H,1H3,(H,16,18). The number of hydrogen-bond donors (Lipinski definition) is 1. The van der Waals surface area contributed by atoms with Crippen LogP contribution >= 0.6 is 0 Å². The molecule has 0 aliphatic rings. The molecule has 0 radical (unpaired) electrons. The van der Waals surface area contributed by atoms with Gasteiger partial charge < -0.3 is 9.47 Å². The van der Waals surface area contributed by atoms with Gasteiger partial charge in [-0.3, -0.25) is 0 Å². The van der Waals surface area contributed by atoms with E-state index in [9.17, 15) is 9.59 Å². The number of nitrogens with zero attached hydrogens (tertiary/aromatic N) is 1. The summed E-state index contributed by atoms with van der Waals surface area (Å²) in [6.07, 6.45) is -1.53. The van der Waals surface area contributed by atoms with E-state index >= 15 is 0 Å². The van der Waals surface area contributed by atoms with E-state index in [1.807, 2.05) is 0 Å². The fourth-order valence-corrected chi connectivity index (χ4v) is 1.56. The second kappa shape index (κ2) is 6.95. The zero-order chi connectivity index (χ0) is 15.1. The quantitative estimate of drug-likeness (QED) is 0.862. The number of nitrogens with one attached hydrogen (secondary N) is 1. The molecular weight excluding hydrogens is 272 g/mol. The van der Waals surface area contributed by atoms with Gasteiger partial charge in [-0.25, -0.2) is 15.0 Å². The Bertz CT molecular complexity index is 602. The summed E-state index contributed by atoms with van der Waals surface area (Å²) in [5.74, 6) is 0.370. The SMILES string of the molecule is COC(=O)NN(C(=O)Oc1ccccc1)c1ccccc1. The topological polar surface area (TPSA) is 67.9 Å². The molecule has 2 aromatic rings. The van der Waals surface area contributed by atoms with E-state index < -0.39 is 12.2 Å². The molecule has 0 aliphatic carbocycles. The van der Waals surface area contributed by atoms with Crippen LogP contribution in [0.3, 0.4) is 0 Å². The van der Waals surface area contributed by atoms with Gasteiger partial charge in [-0.1, -0.05) is 36.4 Å². The number of ether oxygens (including phenoxy) is 2. The summed E-state index contributed by atoms with van der Waals surface area (Å²) in [6, 6.07) is 17.1. The lowest BCUT2D eigenvalue weighted by molar-refractivity contribution is 0.165. The smallest absolute Gasteiger partial charge is 0.439 e. The molecular formula is C15H14N2O4. The monoisotopic (exact) mass is 286 g/mol. The van der Waals surface area contributed by atoms with Crippen molar-refractivity contribution < 1.29 is 19.1 Å². The molecule has 6 nitrogen and oxygen atoms in total. The van der Waals surface area contributed by atoms with Crippen LogP contribution in [-0.4, -0.2) is 19.3 Å². The summed E-state index contributed by atoms with van der Waals surface area (Å²) in [7, 11) is 1.21. The first-order valence-electron chi connectivity index (χ1n) is 6.17. The van der Waals surface area contributed by atoms with Crippen LogP contribution in [0.15, 0.2) is 60.7 Å². The van der Waals surface area contributed by atoms with Crippen LogP contribution in [0.5, 0.6) is 5.75 Å². The highest BCUT2D eigenvalue weighted by atomic mass is 16.6. The summed E-state index contributed by atoms with van der Waals surface area (Å²) in [5, 5.41) is 0.971. The number of hydrazine groups is 1. The van der Waals surface area contributed by atoms with Gasteiger partial charge in [0.25, 0.3) is 0 Å².